The van der Waals surface area contributed by atoms with Gasteiger partial charge in [0.2, 0.25) is 5.91 Å². The number of nitrogens with one attached hydrogen (secondary N) is 1. The monoisotopic (exact) mass is 297 g/mol. The molecule has 1 amide bonds. The molecule has 1 aromatic carbocycles. The number of hydrogen-bond acceptors (Lipinski definition) is 2. The summed E-state index contributed by atoms with van der Waals surface area (Å²) in [6, 6.07) is 12.5. The number of rotatable bonds is 7. The Kier molecular flexibility index (Phi) is 4.56. The average Bonchev–Trinajstić information content (AvgIpc) is 3.02. The number of aryl methyl sites for hydroxylation is 1. The highest BCUT2D eigenvalue weighted by atomic mass is 16.1. The van der Waals surface area contributed by atoms with Crippen LogP contribution in [0.4, 0.5) is 0 Å². The smallest absolute Gasteiger partial charge is 0.221 e. The van der Waals surface area contributed by atoms with Crippen LogP contribution in [0.1, 0.15) is 31.2 Å². The van der Waals surface area contributed by atoms with Crippen LogP contribution in [0.3, 0.4) is 0 Å². The Morgan fingerprint density at radius 3 is 2.68 bits per heavy atom. The first kappa shape index (κ1) is 14.8. The molecular weight excluding hydrogens is 274 g/mol. The van der Waals surface area contributed by atoms with E-state index in [4.69, 9.17) is 0 Å². The maximum absolute atomic E-state index is 12.0. The van der Waals surface area contributed by atoms with Crippen LogP contribution in [0.15, 0.2) is 48.8 Å². The molecule has 1 saturated carbocycles. The summed E-state index contributed by atoms with van der Waals surface area (Å²) in [4.78, 5) is 12.0. The van der Waals surface area contributed by atoms with E-state index in [-0.39, 0.29) is 11.3 Å². The van der Waals surface area contributed by atoms with Gasteiger partial charge in [0.05, 0.1) is 0 Å². The zero-order valence-electron chi connectivity index (χ0n) is 12.9. The summed E-state index contributed by atoms with van der Waals surface area (Å²) in [5.74, 6) is 0.120. The van der Waals surface area contributed by atoms with Gasteiger partial charge in [-0.3, -0.25) is 9.48 Å². The Bertz CT molecular complexity index is 588. The third-order valence-corrected chi connectivity index (χ3v) is 4.62. The van der Waals surface area contributed by atoms with Gasteiger partial charge in [0.15, 0.2) is 0 Å². The van der Waals surface area contributed by atoms with E-state index in [2.05, 4.69) is 34.7 Å². The topological polar surface area (TPSA) is 46.9 Å². The minimum Gasteiger partial charge on any atom is -0.355 e. The van der Waals surface area contributed by atoms with Crippen molar-refractivity contribution in [1.82, 2.24) is 15.1 Å². The molecule has 0 atom stereocenters. The molecule has 3 rings (SSSR count). The van der Waals surface area contributed by atoms with Gasteiger partial charge in [0, 0.05) is 31.9 Å². The van der Waals surface area contributed by atoms with Gasteiger partial charge < -0.3 is 5.32 Å². The van der Waals surface area contributed by atoms with E-state index in [0.29, 0.717) is 13.0 Å². The Morgan fingerprint density at radius 1 is 1.23 bits per heavy atom. The van der Waals surface area contributed by atoms with Gasteiger partial charge in [0.1, 0.15) is 0 Å². The number of carbonyl (C=O) groups is 1. The Morgan fingerprint density at radius 2 is 2.05 bits per heavy atom. The molecule has 1 aliphatic rings. The first-order valence-electron chi connectivity index (χ1n) is 8.04. The Hall–Kier alpha value is -2.10. The summed E-state index contributed by atoms with van der Waals surface area (Å²) in [6.45, 7) is 1.43. The number of carbonyl (C=O) groups excluding carboxylic acids is 1. The summed E-state index contributed by atoms with van der Waals surface area (Å²) in [7, 11) is 0. The highest BCUT2D eigenvalue weighted by molar-refractivity contribution is 5.75. The van der Waals surface area contributed by atoms with Crippen LogP contribution in [0.2, 0.25) is 0 Å². The molecular formula is C18H23N3O. The SMILES string of the molecule is O=C(CCn1cccn1)NCC1(Cc2ccccc2)CCC1. The van der Waals surface area contributed by atoms with Crippen LogP contribution in [-0.4, -0.2) is 22.2 Å². The van der Waals surface area contributed by atoms with Crippen LogP contribution < -0.4 is 5.32 Å². The quantitative estimate of drug-likeness (QED) is 0.854. The van der Waals surface area contributed by atoms with Crippen molar-refractivity contribution >= 4 is 5.91 Å². The van der Waals surface area contributed by atoms with Gasteiger partial charge in [-0.2, -0.15) is 5.10 Å². The molecule has 4 nitrogen and oxygen atoms in total. The fourth-order valence-corrected chi connectivity index (χ4v) is 3.14. The second kappa shape index (κ2) is 6.77. The molecule has 0 aliphatic heterocycles. The van der Waals surface area contributed by atoms with Crippen molar-refractivity contribution in [2.45, 2.75) is 38.6 Å². The first-order chi connectivity index (χ1) is 10.8. The molecule has 1 heterocycles. The molecule has 0 saturated heterocycles. The third kappa shape index (κ3) is 3.75. The van der Waals surface area contributed by atoms with Gasteiger partial charge in [-0.15, -0.1) is 0 Å². The lowest BCUT2D eigenvalue weighted by Gasteiger charge is -2.42. The van der Waals surface area contributed by atoms with E-state index >= 15 is 0 Å². The van der Waals surface area contributed by atoms with Gasteiger partial charge in [-0.25, -0.2) is 0 Å². The average molecular weight is 297 g/mol. The fraction of sp³-hybridized carbons (Fsp3) is 0.444. The predicted octanol–water partition coefficient (Wildman–Crippen LogP) is 2.80. The van der Waals surface area contributed by atoms with Crippen LogP contribution in [-0.2, 0) is 17.8 Å². The molecule has 1 N–H and O–H groups in total. The van der Waals surface area contributed by atoms with Crippen LogP contribution in [0.25, 0.3) is 0 Å². The zero-order chi connectivity index (χ0) is 15.3. The van der Waals surface area contributed by atoms with Crippen molar-refractivity contribution in [2.24, 2.45) is 5.41 Å². The maximum Gasteiger partial charge on any atom is 0.221 e. The highest BCUT2D eigenvalue weighted by Crippen LogP contribution is 2.43. The predicted molar refractivity (Wildman–Crippen MR) is 86.3 cm³/mol. The second-order valence-corrected chi connectivity index (χ2v) is 6.31. The molecule has 4 heteroatoms. The lowest BCUT2D eigenvalue weighted by Crippen LogP contribution is -2.43. The maximum atomic E-state index is 12.0. The Labute approximate surface area is 131 Å². The van der Waals surface area contributed by atoms with E-state index in [9.17, 15) is 4.79 Å². The van der Waals surface area contributed by atoms with E-state index in [0.717, 1.165) is 13.0 Å². The minimum absolute atomic E-state index is 0.120. The third-order valence-electron chi connectivity index (χ3n) is 4.62. The molecule has 22 heavy (non-hydrogen) atoms. The summed E-state index contributed by atoms with van der Waals surface area (Å²) < 4.78 is 1.79. The van der Waals surface area contributed by atoms with Gasteiger partial charge in [0.25, 0.3) is 0 Å². The van der Waals surface area contributed by atoms with Crippen molar-refractivity contribution in [2.75, 3.05) is 6.54 Å². The number of aromatic nitrogens is 2. The molecule has 1 aliphatic carbocycles. The zero-order valence-corrected chi connectivity index (χ0v) is 12.9. The van der Waals surface area contributed by atoms with Crippen LogP contribution in [0, 0.1) is 5.41 Å². The molecule has 1 aromatic heterocycles. The lowest BCUT2D eigenvalue weighted by atomic mass is 9.65. The molecule has 0 spiro atoms. The van der Waals surface area contributed by atoms with Crippen molar-refractivity contribution in [3.05, 3.63) is 54.4 Å². The van der Waals surface area contributed by atoms with Crippen molar-refractivity contribution < 1.29 is 4.79 Å². The minimum atomic E-state index is 0.120. The largest absolute Gasteiger partial charge is 0.355 e. The highest BCUT2D eigenvalue weighted by Gasteiger charge is 2.37. The molecule has 0 bridgehead atoms. The molecule has 116 valence electrons. The van der Waals surface area contributed by atoms with Crippen LogP contribution >= 0.6 is 0 Å². The van der Waals surface area contributed by atoms with Crippen molar-refractivity contribution in [3.8, 4) is 0 Å². The molecule has 0 radical (unpaired) electrons. The summed E-state index contributed by atoms with van der Waals surface area (Å²) in [5.41, 5.74) is 1.64. The summed E-state index contributed by atoms with van der Waals surface area (Å²) in [5, 5.41) is 7.25. The standard InChI is InChI=1S/C18H23N3O/c22-17(8-13-21-12-5-11-20-21)19-15-18(9-4-10-18)14-16-6-2-1-3-7-16/h1-3,5-7,11-12H,4,8-10,13-15H2,(H,19,22). The number of benzene rings is 1. The first-order valence-corrected chi connectivity index (χ1v) is 8.04. The van der Waals surface area contributed by atoms with Gasteiger partial charge >= 0.3 is 0 Å². The number of nitrogens with zero attached hydrogens (tertiary/aromatic N) is 2. The summed E-state index contributed by atoms with van der Waals surface area (Å²) >= 11 is 0. The Balaban J connectivity index is 1.47. The van der Waals surface area contributed by atoms with E-state index < -0.39 is 0 Å². The summed E-state index contributed by atoms with van der Waals surface area (Å²) in [6.07, 6.45) is 8.87. The van der Waals surface area contributed by atoms with E-state index in [1.807, 2.05) is 18.3 Å². The van der Waals surface area contributed by atoms with E-state index in [1.54, 1.807) is 10.9 Å². The van der Waals surface area contributed by atoms with Crippen LogP contribution in [0.5, 0.6) is 0 Å². The lowest BCUT2D eigenvalue weighted by molar-refractivity contribution is -0.122. The van der Waals surface area contributed by atoms with Gasteiger partial charge in [-0.05, 0) is 36.3 Å². The molecule has 0 unspecified atom stereocenters. The van der Waals surface area contributed by atoms with Crippen molar-refractivity contribution in [1.29, 1.82) is 0 Å². The van der Waals surface area contributed by atoms with E-state index in [1.165, 1.54) is 24.8 Å². The normalized spacial score (nSPS) is 16.0. The van der Waals surface area contributed by atoms with Gasteiger partial charge in [-0.1, -0.05) is 36.8 Å². The number of amides is 1. The van der Waals surface area contributed by atoms with Crippen molar-refractivity contribution in [3.63, 3.8) is 0 Å². The number of hydrogen-bond donors (Lipinski definition) is 1. The molecule has 1 fully saturated rings. The second-order valence-electron chi connectivity index (χ2n) is 6.31. The fourth-order valence-electron chi connectivity index (χ4n) is 3.14. The molecule has 2 aromatic rings.